The predicted octanol–water partition coefficient (Wildman–Crippen LogP) is 3.38. The number of Topliss-reactive ketones (excluding diaryl/α,β-unsaturated/α-hetero) is 1. The molecule has 0 fully saturated rings. The van der Waals surface area contributed by atoms with E-state index in [0.29, 0.717) is 12.4 Å². The SMILES string of the molecule is CCCOc1cnn(CC(=O)c2sccc2Br)c1. The van der Waals surface area contributed by atoms with Crippen molar-refractivity contribution in [3.63, 3.8) is 0 Å². The van der Waals surface area contributed by atoms with Gasteiger partial charge in [0, 0.05) is 4.47 Å². The molecule has 0 aliphatic heterocycles. The Hall–Kier alpha value is -1.14. The van der Waals surface area contributed by atoms with Crippen LogP contribution in [0, 0.1) is 0 Å². The summed E-state index contributed by atoms with van der Waals surface area (Å²) in [6.07, 6.45) is 4.33. The molecule has 0 aromatic carbocycles. The third kappa shape index (κ3) is 3.20. The van der Waals surface area contributed by atoms with Crippen molar-refractivity contribution >= 4 is 33.0 Å². The van der Waals surface area contributed by atoms with E-state index in [0.717, 1.165) is 15.8 Å². The van der Waals surface area contributed by atoms with Gasteiger partial charge in [0.25, 0.3) is 0 Å². The van der Waals surface area contributed by atoms with Gasteiger partial charge in [-0.3, -0.25) is 9.48 Å². The van der Waals surface area contributed by atoms with Gasteiger partial charge in [-0.05, 0) is 33.8 Å². The van der Waals surface area contributed by atoms with Crippen molar-refractivity contribution in [2.75, 3.05) is 6.61 Å². The molecule has 0 bridgehead atoms. The third-order valence-corrected chi connectivity index (χ3v) is 4.14. The van der Waals surface area contributed by atoms with Crippen LogP contribution in [0.4, 0.5) is 0 Å². The van der Waals surface area contributed by atoms with Crippen molar-refractivity contribution in [1.82, 2.24) is 9.78 Å². The maximum absolute atomic E-state index is 12.0. The minimum absolute atomic E-state index is 0.0435. The molecular weight excluding hydrogens is 316 g/mol. The Balaban J connectivity index is 1.99. The summed E-state index contributed by atoms with van der Waals surface area (Å²) in [7, 11) is 0. The van der Waals surface area contributed by atoms with Gasteiger partial charge >= 0.3 is 0 Å². The molecule has 0 aliphatic rings. The highest BCUT2D eigenvalue weighted by molar-refractivity contribution is 9.10. The Morgan fingerprint density at radius 1 is 1.61 bits per heavy atom. The second-order valence-electron chi connectivity index (χ2n) is 3.74. The first-order valence-corrected chi connectivity index (χ1v) is 7.29. The van der Waals surface area contributed by atoms with Crippen LogP contribution in [0.15, 0.2) is 28.3 Å². The van der Waals surface area contributed by atoms with Crippen molar-refractivity contribution in [3.8, 4) is 5.75 Å². The van der Waals surface area contributed by atoms with Crippen molar-refractivity contribution in [1.29, 1.82) is 0 Å². The molecule has 2 aromatic rings. The zero-order valence-corrected chi connectivity index (χ0v) is 12.3. The molecule has 2 rings (SSSR count). The number of carbonyl (C=O) groups is 1. The molecule has 2 heterocycles. The number of thiophene rings is 1. The number of carbonyl (C=O) groups excluding carboxylic acids is 1. The summed E-state index contributed by atoms with van der Waals surface area (Å²) in [6.45, 7) is 2.94. The standard InChI is InChI=1S/C12H13BrN2O2S/c1-2-4-17-9-6-14-15(7-9)8-11(16)12-10(13)3-5-18-12/h3,5-7H,2,4,8H2,1H3. The van der Waals surface area contributed by atoms with Gasteiger partial charge in [0.1, 0.15) is 6.54 Å². The largest absolute Gasteiger partial charge is 0.490 e. The van der Waals surface area contributed by atoms with Gasteiger partial charge in [0.05, 0.1) is 23.9 Å². The number of ether oxygens (including phenoxy) is 1. The first-order chi connectivity index (χ1) is 8.70. The van der Waals surface area contributed by atoms with Crippen LogP contribution >= 0.6 is 27.3 Å². The summed E-state index contributed by atoms with van der Waals surface area (Å²) in [4.78, 5) is 12.7. The monoisotopic (exact) mass is 328 g/mol. The smallest absolute Gasteiger partial charge is 0.195 e. The topological polar surface area (TPSA) is 44.1 Å². The number of nitrogens with zero attached hydrogens (tertiary/aromatic N) is 2. The van der Waals surface area contributed by atoms with E-state index in [1.54, 1.807) is 17.1 Å². The summed E-state index contributed by atoms with van der Waals surface area (Å²) >= 11 is 4.78. The van der Waals surface area contributed by atoms with Gasteiger partial charge in [0.15, 0.2) is 11.5 Å². The lowest BCUT2D eigenvalue weighted by molar-refractivity contribution is 0.0971. The summed E-state index contributed by atoms with van der Waals surface area (Å²) in [5.74, 6) is 0.747. The van der Waals surface area contributed by atoms with Crippen molar-refractivity contribution in [3.05, 3.63) is 33.2 Å². The number of halogens is 1. The Kier molecular flexibility index (Phi) is 4.54. The highest BCUT2D eigenvalue weighted by Gasteiger charge is 2.12. The van der Waals surface area contributed by atoms with Gasteiger partial charge in [0.2, 0.25) is 0 Å². The van der Waals surface area contributed by atoms with Crippen LogP contribution in [-0.4, -0.2) is 22.2 Å². The summed E-state index contributed by atoms with van der Waals surface area (Å²) in [5.41, 5.74) is 0. The lowest BCUT2D eigenvalue weighted by atomic mass is 10.3. The van der Waals surface area contributed by atoms with E-state index >= 15 is 0 Å². The Morgan fingerprint density at radius 3 is 3.11 bits per heavy atom. The van der Waals surface area contributed by atoms with Crippen LogP contribution in [-0.2, 0) is 6.54 Å². The molecule has 18 heavy (non-hydrogen) atoms. The van der Waals surface area contributed by atoms with Gasteiger partial charge in [-0.1, -0.05) is 6.92 Å². The zero-order chi connectivity index (χ0) is 13.0. The number of ketones is 1. The molecule has 96 valence electrons. The minimum Gasteiger partial charge on any atom is -0.490 e. The van der Waals surface area contributed by atoms with E-state index in [9.17, 15) is 4.79 Å². The first kappa shape index (κ1) is 13.3. The molecule has 0 N–H and O–H groups in total. The van der Waals surface area contributed by atoms with E-state index in [-0.39, 0.29) is 12.3 Å². The number of aromatic nitrogens is 2. The molecule has 0 unspecified atom stereocenters. The zero-order valence-electron chi connectivity index (χ0n) is 9.93. The fraction of sp³-hybridized carbons (Fsp3) is 0.333. The van der Waals surface area contributed by atoms with Crippen LogP contribution in [0.25, 0.3) is 0 Å². The van der Waals surface area contributed by atoms with Gasteiger partial charge in [-0.25, -0.2) is 0 Å². The van der Waals surface area contributed by atoms with Crippen LogP contribution in [0.3, 0.4) is 0 Å². The van der Waals surface area contributed by atoms with Crippen molar-refractivity contribution in [2.24, 2.45) is 0 Å². The second kappa shape index (κ2) is 6.15. The Bertz CT molecular complexity index is 536. The molecule has 6 heteroatoms. The van der Waals surface area contributed by atoms with Gasteiger partial charge in [-0.15, -0.1) is 11.3 Å². The molecular formula is C12H13BrN2O2S. The first-order valence-electron chi connectivity index (χ1n) is 5.62. The molecule has 4 nitrogen and oxygen atoms in total. The Morgan fingerprint density at radius 2 is 2.44 bits per heavy atom. The summed E-state index contributed by atoms with van der Waals surface area (Å²) in [5, 5.41) is 5.99. The maximum Gasteiger partial charge on any atom is 0.195 e. The van der Waals surface area contributed by atoms with Gasteiger partial charge in [-0.2, -0.15) is 5.10 Å². The molecule has 0 radical (unpaired) electrons. The molecule has 0 saturated carbocycles. The van der Waals surface area contributed by atoms with Crippen molar-refractivity contribution < 1.29 is 9.53 Å². The van der Waals surface area contributed by atoms with Crippen LogP contribution < -0.4 is 4.74 Å². The highest BCUT2D eigenvalue weighted by Crippen LogP contribution is 2.23. The van der Waals surface area contributed by atoms with Crippen LogP contribution in [0.1, 0.15) is 23.0 Å². The summed E-state index contributed by atoms with van der Waals surface area (Å²) < 4.78 is 7.87. The number of hydrogen-bond acceptors (Lipinski definition) is 4. The van der Waals surface area contributed by atoms with Gasteiger partial charge < -0.3 is 4.74 Å². The molecule has 0 saturated heterocycles. The lowest BCUT2D eigenvalue weighted by Gasteiger charge is -2.00. The quantitative estimate of drug-likeness (QED) is 0.763. The molecule has 0 spiro atoms. The number of hydrogen-bond donors (Lipinski definition) is 0. The summed E-state index contributed by atoms with van der Waals surface area (Å²) in [6, 6.07) is 1.87. The average molecular weight is 329 g/mol. The Labute approximate surface area is 118 Å². The van der Waals surface area contributed by atoms with Crippen LogP contribution in [0.5, 0.6) is 5.75 Å². The number of rotatable bonds is 6. The molecule has 0 atom stereocenters. The van der Waals surface area contributed by atoms with E-state index in [2.05, 4.69) is 21.0 Å². The van der Waals surface area contributed by atoms with E-state index < -0.39 is 0 Å². The van der Waals surface area contributed by atoms with E-state index in [4.69, 9.17) is 4.74 Å². The predicted molar refractivity (Wildman–Crippen MR) is 74.4 cm³/mol. The molecule has 0 aliphatic carbocycles. The van der Waals surface area contributed by atoms with E-state index in [1.165, 1.54) is 11.3 Å². The van der Waals surface area contributed by atoms with E-state index in [1.807, 2.05) is 18.4 Å². The second-order valence-corrected chi connectivity index (χ2v) is 5.51. The fourth-order valence-electron chi connectivity index (χ4n) is 1.44. The normalized spacial score (nSPS) is 10.6. The third-order valence-electron chi connectivity index (χ3n) is 2.26. The lowest BCUT2D eigenvalue weighted by Crippen LogP contribution is -2.09. The average Bonchev–Trinajstić information content (AvgIpc) is 2.95. The van der Waals surface area contributed by atoms with Crippen LogP contribution in [0.2, 0.25) is 0 Å². The molecule has 0 amide bonds. The maximum atomic E-state index is 12.0. The molecule has 2 aromatic heterocycles. The highest BCUT2D eigenvalue weighted by atomic mass is 79.9. The minimum atomic E-state index is 0.0435. The van der Waals surface area contributed by atoms with Crippen molar-refractivity contribution in [2.45, 2.75) is 19.9 Å². The fourth-order valence-corrected chi connectivity index (χ4v) is 2.96.